The van der Waals surface area contributed by atoms with Gasteiger partial charge in [-0.15, -0.1) is 0 Å². The molecule has 8 heteroatoms. The minimum atomic E-state index is -3.63. The molecule has 0 unspecified atom stereocenters. The van der Waals surface area contributed by atoms with Crippen LogP contribution < -0.4 is 14.8 Å². The molecule has 156 valence electrons. The molecular weight excluding hydrogens is 412 g/mol. The molecule has 0 saturated heterocycles. The minimum Gasteiger partial charge on any atom is -0.482 e. The highest BCUT2D eigenvalue weighted by Gasteiger charge is 2.23. The third kappa shape index (κ3) is 5.72. The normalized spacial score (nSPS) is 14.7. The topological polar surface area (TPSA) is 84.5 Å². The molecule has 1 aliphatic carbocycles. The molecule has 0 aliphatic heterocycles. The van der Waals surface area contributed by atoms with Crippen LogP contribution in [0.3, 0.4) is 0 Å². The smallest absolute Gasteiger partial charge is 0.262 e. The van der Waals surface area contributed by atoms with Crippen LogP contribution in [0.25, 0.3) is 0 Å². The van der Waals surface area contributed by atoms with Crippen molar-refractivity contribution in [3.05, 3.63) is 52.5 Å². The number of halogens is 1. The molecule has 1 aliphatic rings. The van der Waals surface area contributed by atoms with E-state index in [9.17, 15) is 13.2 Å². The summed E-state index contributed by atoms with van der Waals surface area (Å²) in [5, 5.41) is 2.94. The van der Waals surface area contributed by atoms with Crippen molar-refractivity contribution >= 4 is 33.2 Å². The number of nitrogens with one attached hydrogen (secondary N) is 2. The number of benzene rings is 2. The Labute approximate surface area is 176 Å². The first-order valence-electron chi connectivity index (χ1n) is 9.56. The fraction of sp³-hybridized carbons (Fsp3) is 0.381. The number of anilines is 1. The first kappa shape index (κ1) is 21.6. The van der Waals surface area contributed by atoms with Crippen LogP contribution in [0.4, 0.5) is 5.69 Å². The molecule has 0 bridgehead atoms. The van der Waals surface area contributed by atoms with Crippen LogP contribution in [-0.2, 0) is 14.8 Å². The first-order valence-corrected chi connectivity index (χ1v) is 11.4. The predicted molar refractivity (Wildman–Crippen MR) is 114 cm³/mol. The summed E-state index contributed by atoms with van der Waals surface area (Å²) < 4.78 is 33.2. The van der Waals surface area contributed by atoms with Gasteiger partial charge >= 0.3 is 0 Å². The van der Waals surface area contributed by atoms with Crippen molar-refractivity contribution in [1.82, 2.24) is 4.72 Å². The number of carbonyl (C=O) groups excluding carboxylic acids is 1. The Bertz CT molecular complexity index is 1000. The van der Waals surface area contributed by atoms with E-state index in [0.29, 0.717) is 0 Å². The van der Waals surface area contributed by atoms with E-state index in [-0.39, 0.29) is 34.2 Å². The summed E-state index contributed by atoms with van der Waals surface area (Å²) in [4.78, 5) is 12.3. The number of aryl methyl sites for hydroxylation is 2. The van der Waals surface area contributed by atoms with Crippen molar-refractivity contribution in [2.24, 2.45) is 0 Å². The van der Waals surface area contributed by atoms with E-state index in [4.69, 9.17) is 16.3 Å². The van der Waals surface area contributed by atoms with Gasteiger partial charge in [-0.1, -0.05) is 36.6 Å². The van der Waals surface area contributed by atoms with Gasteiger partial charge in [0.2, 0.25) is 10.0 Å². The summed E-state index contributed by atoms with van der Waals surface area (Å²) in [6.07, 6.45) is 3.77. The molecular formula is C21H25ClN2O4S. The second-order valence-corrected chi connectivity index (χ2v) is 9.47. The van der Waals surface area contributed by atoms with E-state index < -0.39 is 10.0 Å². The van der Waals surface area contributed by atoms with Gasteiger partial charge in [-0.05, 0) is 62.1 Å². The Kier molecular flexibility index (Phi) is 6.82. The summed E-state index contributed by atoms with van der Waals surface area (Å²) in [7, 11) is -3.63. The molecule has 6 nitrogen and oxygen atoms in total. The van der Waals surface area contributed by atoms with E-state index in [1.807, 2.05) is 32.0 Å². The van der Waals surface area contributed by atoms with Gasteiger partial charge in [0.15, 0.2) is 6.61 Å². The maximum absolute atomic E-state index is 12.5. The second-order valence-electron chi connectivity index (χ2n) is 7.35. The highest BCUT2D eigenvalue weighted by Crippen LogP contribution is 2.28. The Hall–Kier alpha value is -2.09. The molecule has 2 aromatic rings. The number of amides is 1. The average molecular weight is 437 g/mol. The van der Waals surface area contributed by atoms with Crippen molar-refractivity contribution < 1.29 is 17.9 Å². The Morgan fingerprint density at radius 1 is 1.14 bits per heavy atom. The molecule has 1 saturated carbocycles. The lowest BCUT2D eigenvalue weighted by molar-refractivity contribution is -0.118. The monoisotopic (exact) mass is 436 g/mol. The van der Waals surface area contributed by atoms with E-state index in [0.717, 1.165) is 42.5 Å². The van der Waals surface area contributed by atoms with Crippen LogP contribution in [0.1, 0.15) is 36.8 Å². The van der Waals surface area contributed by atoms with Crippen molar-refractivity contribution in [2.45, 2.75) is 50.5 Å². The number of hydrogen-bond acceptors (Lipinski definition) is 4. The highest BCUT2D eigenvalue weighted by molar-refractivity contribution is 7.89. The van der Waals surface area contributed by atoms with Gasteiger partial charge in [-0.2, -0.15) is 0 Å². The number of sulfonamides is 1. The average Bonchev–Trinajstić information content (AvgIpc) is 3.16. The number of rotatable bonds is 7. The number of carbonyl (C=O) groups is 1. The molecule has 0 radical (unpaired) electrons. The largest absolute Gasteiger partial charge is 0.482 e. The first-order chi connectivity index (χ1) is 13.7. The van der Waals surface area contributed by atoms with Crippen LogP contribution in [0.15, 0.2) is 41.3 Å². The predicted octanol–water partition coefficient (Wildman–Crippen LogP) is 4.20. The maximum atomic E-state index is 12.5. The van der Waals surface area contributed by atoms with E-state index in [2.05, 4.69) is 10.0 Å². The standard InChI is InChI=1S/C21H25ClN2O4S/c1-14-7-8-15(2)19(11-14)23-21(25)13-28-20-10-9-17(12-18(20)22)29(26,27)24-16-5-3-4-6-16/h7-12,16,24H,3-6,13H2,1-2H3,(H,23,25). The summed E-state index contributed by atoms with van der Waals surface area (Å²) in [5.41, 5.74) is 2.72. The van der Waals surface area contributed by atoms with Gasteiger partial charge in [0, 0.05) is 11.7 Å². The van der Waals surface area contributed by atoms with Crippen LogP contribution in [0.2, 0.25) is 5.02 Å². The van der Waals surface area contributed by atoms with Gasteiger partial charge in [0.1, 0.15) is 5.75 Å². The quantitative estimate of drug-likeness (QED) is 0.681. The van der Waals surface area contributed by atoms with Crippen LogP contribution >= 0.6 is 11.6 Å². The Balaban J connectivity index is 1.61. The van der Waals surface area contributed by atoms with Gasteiger partial charge in [0.05, 0.1) is 9.92 Å². The second kappa shape index (κ2) is 9.15. The summed E-state index contributed by atoms with van der Waals surface area (Å²) in [6.45, 7) is 3.62. The summed E-state index contributed by atoms with van der Waals surface area (Å²) in [5.74, 6) is -0.0723. The van der Waals surface area contributed by atoms with Crippen LogP contribution in [-0.4, -0.2) is 27.0 Å². The zero-order valence-corrected chi connectivity index (χ0v) is 18.1. The lowest BCUT2D eigenvalue weighted by Gasteiger charge is -2.14. The van der Waals surface area contributed by atoms with Crippen molar-refractivity contribution in [2.75, 3.05) is 11.9 Å². The molecule has 3 rings (SSSR count). The molecule has 1 fully saturated rings. The van der Waals surface area contributed by atoms with Crippen molar-refractivity contribution in [3.8, 4) is 5.75 Å². The SMILES string of the molecule is Cc1ccc(C)c(NC(=O)COc2ccc(S(=O)(=O)NC3CCCC3)cc2Cl)c1. The molecule has 0 heterocycles. The molecule has 2 N–H and O–H groups in total. The fourth-order valence-electron chi connectivity index (χ4n) is 3.30. The zero-order chi connectivity index (χ0) is 21.0. The number of hydrogen-bond donors (Lipinski definition) is 2. The Morgan fingerprint density at radius 3 is 2.55 bits per heavy atom. The Morgan fingerprint density at radius 2 is 1.86 bits per heavy atom. The van der Waals surface area contributed by atoms with Crippen molar-refractivity contribution in [1.29, 1.82) is 0 Å². The summed E-state index contributed by atoms with van der Waals surface area (Å²) >= 11 is 6.19. The molecule has 0 atom stereocenters. The van der Waals surface area contributed by atoms with Crippen LogP contribution in [0, 0.1) is 13.8 Å². The number of ether oxygens (including phenoxy) is 1. The van der Waals surface area contributed by atoms with E-state index in [1.165, 1.54) is 18.2 Å². The molecule has 0 spiro atoms. The van der Waals surface area contributed by atoms with Gasteiger partial charge in [-0.25, -0.2) is 13.1 Å². The van der Waals surface area contributed by atoms with Gasteiger partial charge in [0.25, 0.3) is 5.91 Å². The lowest BCUT2D eigenvalue weighted by Crippen LogP contribution is -2.32. The molecule has 2 aromatic carbocycles. The van der Waals surface area contributed by atoms with Gasteiger partial charge in [-0.3, -0.25) is 4.79 Å². The van der Waals surface area contributed by atoms with Crippen molar-refractivity contribution in [3.63, 3.8) is 0 Å². The molecule has 1 amide bonds. The van der Waals surface area contributed by atoms with Crippen LogP contribution in [0.5, 0.6) is 5.75 Å². The minimum absolute atomic E-state index is 0.0246. The van der Waals surface area contributed by atoms with E-state index >= 15 is 0 Å². The van der Waals surface area contributed by atoms with E-state index in [1.54, 1.807) is 0 Å². The third-order valence-corrected chi connectivity index (χ3v) is 6.73. The lowest BCUT2D eigenvalue weighted by atomic mass is 10.1. The van der Waals surface area contributed by atoms with Gasteiger partial charge < -0.3 is 10.1 Å². The molecule has 29 heavy (non-hydrogen) atoms. The fourth-order valence-corrected chi connectivity index (χ4v) is 4.93. The third-order valence-electron chi connectivity index (χ3n) is 4.92. The zero-order valence-electron chi connectivity index (χ0n) is 16.5. The summed E-state index contributed by atoms with van der Waals surface area (Å²) in [6, 6.07) is 10.0. The highest BCUT2D eigenvalue weighted by atomic mass is 35.5. The maximum Gasteiger partial charge on any atom is 0.262 e. The molecule has 0 aromatic heterocycles.